The summed E-state index contributed by atoms with van der Waals surface area (Å²) < 4.78 is 11.4. The third-order valence-corrected chi connectivity index (χ3v) is 6.18. The van der Waals surface area contributed by atoms with E-state index in [9.17, 15) is 4.79 Å². The molecule has 0 unspecified atom stereocenters. The number of nitrogens with zero attached hydrogens (tertiary/aromatic N) is 4. The molecule has 7 heteroatoms. The van der Waals surface area contributed by atoms with Gasteiger partial charge in [0.1, 0.15) is 11.5 Å². The Morgan fingerprint density at radius 2 is 1.65 bits per heavy atom. The van der Waals surface area contributed by atoms with Crippen LogP contribution in [0.1, 0.15) is 23.6 Å². The van der Waals surface area contributed by atoms with Gasteiger partial charge in [-0.3, -0.25) is 4.79 Å². The summed E-state index contributed by atoms with van der Waals surface area (Å²) in [5.74, 6) is 2.46. The predicted octanol–water partition coefficient (Wildman–Crippen LogP) is 4.20. The monoisotopic (exact) mass is 460 g/mol. The molecule has 1 aliphatic heterocycles. The highest BCUT2D eigenvalue weighted by Crippen LogP contribution is 2.24. The van der Waals surface area contributed by atoms with E-state index in [0.717, 1.165) is 39.7 Å². The van der Waals surface area contributed by atoms with Crippen LogP contribution < -0.4 is 14.4 Å². The summed E-state index contributed by atoms with van der Waals surface area (Å²) in [6.07, 6.45) is 0. The molecule has 1 fully saturated rings. The molecule has 0 spiro atoms. The number of aryl methyl sites for hydroxylation is 2. The number of anilines is 1. The molecule has 4 rings (SSSR count). The van der Waals surface area contributed by atoms with Gasteiger partial charge in [0.2, 0.25) is 0 Å². The first-order valence-electron chi connectivity index (χ1n) is 11.7. The van der Waals surface area contributed by atoms with Crippen molar-refractivity contribution in [2.24, 2.45) is 0 Å². The summed E-state index contributed by atoms with van der Waals surface area (Å²) in [5, 5.41) is 8.83. The highest BCUT2D eigenvalue weighted by atomic mass is 16.5. The van der Waals surface area contributed by atoms with Crippen molar-refractivity contribution in [3.8, 4) is 22.8 Å². The van der Waals surface area contributed by atoms with E-state index in [0.29, 0.717) is 32.8 Å². The molecule has 2 heterocycles. The number of hydrogen-bond acceptors (Lipinski definition) is 6. The Labute approximate surface area is 201 Å². The van der Waals surface area contributed by atoms with Crippen LogP contribution in [0, 0.1) is 20.8 Å². The van der Waals surface area contributed by atoms with Gasteiger partial charge in [-0.05, 0) is 86.8 Å². The summed E-state index contributed by atoms with van der Waals surface area (Å²) >= 11 is 0. The summed E-state index contributed by atoms with van der Waals surface area (Å²) in [6.45, 7) is 11.5. The van der Waals surface area contributed by atoms with Crippen molar-refractivity contribution in [3.63, 3.8) is 0 Å². The van der Waals surface area contributed by atoms with E-state index < -0.39 is 0 Å². The molecule has 178 valence electrons. The molecule has 0 atom stereocenters. The van der Waals surface area contributed by atoms with Crippen molar-refractivity contribution in [3.05, 3.63) is 65.2 Å². The molecule has 0 radical (unpaired) electrons. The van der Waals surface area contributed by atoms with Crippen LogP contribution in [0.5, 0.6) is 11.5 Å². The van der Waals surface area contributed by atoms with Crippen molar-refractivity contribution in [2.45, 2.75) is 27.7 Å². The predicted molar refractivity (Wildman–Crippen MR) is 134 cm³/mol. The fourth-order valence-corrected chi connectivity index (χ4v) is 4.10. The van der Waals surface area contributed by atoms with Crippen molar-refractivity contribution < 1.29 is 14.3 Å². The van der Waals surface area contributed by atoms with Crippen LogP contribution >= 0.6 is 0 Å². The molecule has 0 aliphatic carbocycles. The van der Waals surface area contributed by atoms with Gasteiger partial charge in [-0.25, -0.2) is 0 Å². The topological polar surface area (TPSA) is 67.8 Å². The molecule has 1 amide bonds. The molecule has 34 heavy (non-hydrogen) atoms. The second-order valence-corrected chi connectivity index (χ2v) is 8.60. The maximum absolute atomic E-state index is 12.7. The number of aromatic nitrogens is 2. The zero-order valence-electron chi connectivity index (χ0n) is 20.4. The van der Waals surface area contributed by atoms with Crippen LogP contribution in [0.3, 0.4) is 0 Å². The van der Waals surface area contributed by atoms with Crippen molar-refractivity contribution >= 4 is 11.7 Å². The lowest BCUT2D eigenvalue weighted by molar-refractivity contribution is -0.133. The van der Waals surface area contributed by atoms with Gasteiger partial charge in [-0.2, -0.15) is 0 Å². The van der Waals surface area contributed by atoms with Crippen LogP contribution in [0.4, 0.5) is 5.82 Å². The highest BCUT2D eigenvalue weighted by molar-refractivity contribution is 5.78. The number of amides is 1. The Morgan fingerprint density at radius 1 is 0.912 bits per heavy atom. The maximum Gasteiger partial charge on any atom is 0.260 e. The maximum atomic E-state index is 12.7. The van der Waals surface area contributed by atoms with Gasteiger partial charge in [0, 0.05) is 31.7 Å². The van der Waals surface area contributed by atoms with E-state index in [1.807, 2.05) is 68.1 Å². The lowest BCUT2D eigenvalue weighted by Crippen LogP contribution is -2.50. The van der Waals surface area contributed by atoms with Crippen LogP contribution in [-0.2, 0) is 4.79 Å². The van der Waals surface area contributed by atoms with Crippen molar-refractivity contribution in [1.29, 1.82) is 0 Å². The fourth-order valence-electron chi connectivity index (χ4n) is 4.10. The van der Waals surface area contributed by atoms with E-state index in [2.05, 4.69) is 28.1 Å². The minimum absolute atomic E-state index is 0.00939. The second-order valence-electron chi connectivity index (χ2n) is 8.60. The molecule has 1 aliphatic rings. The molecular formula is C27H32N4O3. The third kappa shape index (κ3) is 5.47. The Kier molecular flexibility index (Phi) is 7.30. The summed E-state index contributed by atoms with van der Waals surface area (Å²) in [6, 6.07) is 15.9. The van der Waals surface area contributed by atoms with Gasteiger partial charge in [0.05, 0.1) is 12.3 Å². The van der Waals surface area contributed by atoms with Gasteiger partial charge < -0.3 is 19.3 Å². The Hall–Kier alpha value is -3.61. The number of carbonyl (C=O) groups is 1. The van der Waals surface area contributed by atoms with E-state index >= 15 is 0 Å². The lowest BCUT2D eigenvalue weighted by atomic mass is 10.1. The second kappa shape index (κ2) is 10.5. The van der Waals surface area contributed by atoms with E-state index in [1.54, 1.807) is 0 Å². The normalized spacial score (nSPS) is 13.6. The molecule has 2 aromatic carbocycles. The Morgan fingerprint density at radius 3 is 2.29 bits per heavy atom. The van der Waals surface area contributed by atoms with E-state index in [4.69, 9.17) is 9.47 Å². The average Bonchev–Trinajstić information content (AvgIpc) is 2.86. The average molecular weight is 461 g/mol. The van der Waals surface area contributed by atoms with Gasteiger partial charge in [0.25, 0.3) is 5.91 Å². The zero-order chi connectivity index (χ0) is 24.1. The smallest absolute Gasteiger partial charge is 0.260 e. The molecule has 1 saturated heterocycles. The van der Waals surface area contributed by atoms with Crippen molar-refractivity contribution in [1.82, 2.24) is 15.1 Å². The Bertz CT molecular complexity index is 1120. The first-order valence-corrected chi connectivity index (χ1v) is 11.7. The Balaban J connectivity index is 1.30. The van der Waals surface area contributed by atoms with Crippen LogP contribution in [0.15, 0.2) is 48.5 Å². The van der Waals surface area contributed by atoms with E-state index in [-0.39, 0.29) is 12.5 Å². The quantitative estimate of drug-likeness (QED) is 0.527. The number of piperazine rings is 1. The minimum atomic E-state index is 0.00939. The molecule has 3 aromatic rings. The standard InChI is InChI=1S/C27H32N4O3/c1-5-33-23-8-6-22(7-9-23)24-10-11-26(29-28-24)30-12-14-31(15-13-30)27(32)18-34-25-17-19(2)16-20(3)21(25)4/h6-11,16-17H,5,12-15,18H2,1-4H3. The number of hydrogen-bond donors (Lipinski definition) is 0. The molecular weight excluding hydrogens is 428 g/mol. The van der Waals surface area contributed by atoms with Crippen LogP contribution in [-0.4, -0.2) is 60.4 Å². The first kappa shape index (κ1) is 23.5. The third-order valence-electron chi connectivity index (χ3n) is 6.18. The summed E-state index contributed by atoms with van der Waals surface area (Å²) in [7, 11) is 0. The molecule has 0 N–H and O–H groups in total. The zero-order valence-corrected chi connectivity index (χ0v) is 20.4. The van der Waals surface area contributed by atoms with Crippen LogP contribution in [0.25, 0.3) is 11.3 Å². The molecule has 0 bridgehead atoms. The van der Waals surface area contributed by atoms with E-state index in [1.165, 1.54) is 5.56 Å². The fraction of sp³-hybridized carbons (Fsp3) is 0.370. The SMILES string of the molecule is CCOc1ccc(-c2ccc(N3CCN(C(=O)COc4cc(C)cc(C)c4C)CC3)nn2)cc1. The lowest BCUT2D eigenvalue weighted by Gasteiger charge is -2.35. The largest absolute Gasteiger partial charge is 0.494 e. The molecule has 7 nitrogen and oxygen atoms in total. The van der Waals surface area contributed by atoms with Gasteiger partial charge in [0.15, 0.2) is 12.4 Å². The van der Waals surface area contributed by atoms with Gasteiger partial charge >= 0.3 is 0 Å². The summed E-state index contributed by atoms with van der Waals surface area (Å²) in [5.41, 5.74) is 5.20. The number of rotatable bonds is 7. The number of carbonyl (C=O) groups excluding carboxylic acids is 1. The summed E-state index contributed by atoms with van der Waals surface area (Å²) in [4.78, 5) is 16.7. The molecule has 0 saturated carbocycles. The van der Waals surface area contributed by atoms with Crippen molar-refractivity contribution in [2.75, 3.05) is 44.3 Å². The minimum Gasteiger partial charge on any atom is -0.494 e. The van der Waals surface area contributed by atoms with Crippen LogP contribution in [0.2, 0.25) is 0 Å². The number of benzene rings is 2. The highest BCUT2D eigenvalue weighted by Gasteiger charge is 2.23. The van der Waals surface area contributed by atoms with Gasteiger partial charge in [-0.15, -0.1) is 10.2 Å². The number of ether oxygens (including phenoxy) is 2. The van der Waals surface area contributed by atoms with Gasteiger partial charge in [-0.1, -0.05) is 6.07 Å². The molecule has 1 aromatic heterocycles. The first-order chi connectivity index (χ1) is 16.4.